The van der Waals surface area contributed by atoms with Crippen molar-refractivity contribution in [1.82, 2.24) is 0 Å². The van der Waals surface area contributed by atoms with Gasteiger partial charge >= 0.3 is 0 Å². The van der Waals surface area contributed by atoms with E-state index >= 15 is 0 Å². The molecule has 0 aliphatic rings. The fourth-order valence-electron chi connectivity index (χ4n) is 2.79. The van der Waals surface area contributed by atoms with E-state index in [-0.39, 0.29) is 4.90 Å². The Balaban J connectivity index is 1.98. The Morgan fingerprint density at radius 3 is 2.37 bits per heavy atom. The number of sulfonamides is 1. The van der Waals surface area contributed by atoms with E-state index in [1.54, 1.807) is 61.5 Å². The molecule has 0 saturated carbocycles. The number of anilines is 2. The van der Waals surface area contributed by atoms with Gasteiger partial charge in [-0.15, -0.1) is 0 Å². The van der Waals surface area contributed by atoms with Gasteiger partial charge in [0.05, 0.1) is 15.6 Å². The summed E-state index contributed by atoms with van der Waals surface area (Å²) in [5, 5.41) is 3.51. The van der Waals surface area contributed by atoms with E-state index in [0.717, 1.165) is 4.31 Å². The number of hydrogen-bond donors (Lipinski definition) is 1. The Morgan fingerprint density at radius 1 is 1.00 bits per heavy atom. The van der Waals surface area contributed by atoms with Crippen LogP contribution >= 0.6 is 39.1 Å². The molecule has 156 valence electrons. The minimum atomic E-state index is -4.02. The third-order valence-corrected chi connectivity index (χ3v) is 7.75. The molecule has 0 atom stereocenters. The number of nitrogens with one attached hydrogen (secondary N) is 1. The summed E-state index contributed by atoms with van der Waals surface area (Å²) in [6.07, 6.45) is 0. The molecule has 0 heterocycles. The van der Waals surface area contributed by atoms with Crippen LogP contribution in [0.2, 0.25) is 10.0 Å². The van der Waals surface area contributed by atoms with Gasteiger partial charge in [0.1, 0.15) is 6.54 Å². The summed E-state index contributed by atoms with van der Waals surface area (Å²) in [6, 6.07) is 17.8. The Kier molecular flexibility index (Phi) is 7.08. The predicted molar refractivity (Wildman–Crippen MR) is 125 cm³/mol. The van der Waals surface area contributed by atoms with Crippen molar-refractivity contribution in [3.05, 3.63) is 86.8 Å². The Morgan fingerprint density at radius 2 is 1.70 bits per heavy atom. The number of nitrogens with zero attached hydrogens (tertiary/aromatic N) is 1. The minimum absolute atomic E-state index is 0.0730. The maximum absolute atomic E-state index is 13.4. The van der Waals surface area contributed by atoms with E-state index in [9.17, 15) is 13.2 Å². The van der Waals surface area contributed by atoms with Gasteiger partial charge in [-0.05, 0) is 70.9 Å². The number of carbonyl (C=O) groups excluding carboxylic acids is 1. The zero-order chi connectivity index (χ0) is 21.9. The molecule has 3 aromatic carbocycles. The average molecular weight is 528 g/mol. The molecule has 1 N–H and O–H groups in total. The second-order valence-corrected chi connectivity index (χ2v) is 9.92. The van der Waals surface area contributed by atoms with Crippen LogP contribution in [0.1, 0.15) is 5.56 Å². The first kappa shape index (κ1) is 22.6. The van der Waals surface area contributed by atoms with Crippen LogP contribution in [0.15, 0.2) is 76.1 Å². The Labute approximate surface area is 193 Å². The van der Waals surface area contributed by atoms with Crippen molar-refractivity contribution >= 4 is 66.4 Å². The third kappa shape index (κ3) is 4.98. The molecule has 0 radical (unpaired) electrons. The van der Waals surface area contributed by atoms with E-state index in [4.69, 9.17) is 23.2 Å². The summed E-state index contributed by atoms with van der Waals surface area (Å²) in [6.45, 7) is 1.27. The molecule has 1 amide bonds. The van der Waals surface area contributed by atoms with Gasteiger partial charge in [0.15, 0.2) is 0 Å². The molecular weight excluding hydrogens is 511 g/mol. The van der Waals surface area contributed by atoms with Crippen molar-refractivity contribution in [2.75, 3.05) is 16.2 Å². The molecule has 3 aromatic rings. The average Bonchev–Trinajstić information content (AvgIpc) is 2.72. The van der Waals surface area contributed by atoms with Crippen LogP contribution in [-0.2, 0) is 14.8 Å². The number of rotatable bonds is 6. The molecule has 0 bridgehead atoms. The fourth-order valence-corrected chi connectivity index (χ4v) is 4.89. The maximum atomic E-state index is 13.4. The summed E-state index contributed by atoms with van der Waals surface area (Å²) in [5.74, 6) is -0.521. The van der Waals surface area contributed by atoms with Gasteiger partial charge in [-0.3, -0.25) is 9.10 Å². The fraction of sp³-hybridized carbons (Fsp3) is 0.0952. The van der Waals surface area contributed by atoms with Gasteiger partial charge in [-0.25, -0.2) is 8.42 Å². The first-order valence-electron chi connectivity index (χ1n) is 8.78. The highest BCUT2D eigenvalue weighted by atomic mass is 79.9. The first-order chi connectivity index (χ1) is 14.2. The quantitative estimate of drug-likeness (QED) is 0.434. The number of benzene rings is 3. The lowest BCUT2D eigenvalue weighted by molar-refractivity contribution is -0.114. The number of amides is 1. The summed E-state index contributed by atoms with van der Waals surface area (Å²) < 4.78 is 28.5. The number of hydrogen-bond acceptors (Lipinski definition) is 3. The zero-order valence-electron chi connectivity index (χ0n) is 15.8. The highest BCUT2D eigenvalue weighted by Gasteiger charge is 2.28. The molecule has 3 rings (SSSR count). The normalized spacial score (nSPS) is 11.2. The van der Waals surface area contributed by atoms with Crippen molar-refractivity contribution in [1.29, 1.82) is 0 Å². The van der Waals surface area contributed by atoms with E-state index in [2.05, 4.69) is 21.2 Å². The van der Waals surface area contributed by atoms with E-state index < -0.39 is 22.5 Å². The molecule has 0 aromatic heterocycles. The van der Waals surface area contributed by atoms with E-state index in [1.165, 1.54) is 12.1 Å². The van der Waals surface area contributed by atoms with Gasteiger partial charge < -0.3 is 5.32 Å². The largest absolute Gasteiger partial charge is 0.324 e. The minimum Gasteiger partial charge on any atom is -0.324 e. The molecule has 0 spiro atoms. The molecule has 30 heavy (non-hydrogen) atoms. The van der Waals surface area contributed by atoms with E-state index in [1.807, 2.05) is 0 Å². The Bertz CT molecular complexity index is 1190. The van der Waals surface area contributed by atoms with Gasteiger partial charge in [-0.1, -0.05) is 47.5 Å². The molecular formula is C21H17BrCl2N2O3S. The lowest BCUT2D eigenvalue weighted by Crippen LogP contribution is -2.38. The van der Waals surface area contributed by atoms with Crippen molar-refractivity contribution in [3.8, 4) is 0 Å². The van der Waals surface area contributed by atoms with Crippen LogP contribution in [0.3, 0.4) is 0 Å². The predicted octanol–water partition coefficient (Wildman–Crippen LogP) is 5.90. The lowest BCUT2D eigenvalue weighted by atomic mass is 10.2. The van der Waals surface area contributed by atoms with Gasteiger partial charge in [0.2, 0.25) is 5.91 Å². The SMILES string of the molecule is Cc1c(Cl)cccc1N(CC(=O)Nc1ccc(Br)c(Cl)c1)S(=O)(=O)c1ccccc1. The summed E-state index contributed by atoms with van der Waals surface area (Å²) in [5.41, 5.74) is 1.33. The van der Waals surface area contributed by atoms with Crippen LogP contribution in [-0.4, -0.2) is 20.9 Å². The van der Waals surface area contributed by atoms with E-state index in [0.29, 0.717) is 31.5 Å². The zero-order valence-corrected chi connectivity index (χ0v) is 19.7. The highest BCUT2D eigenvalue weighted by molar-refractivity contribution is 9.10. The van der Waals surface area contributed by atoms with Crippen molar-refractivity contribution < 1.29 is 13.2 Å². The maximum Gasteiger partial charge on any atom is 0.264 e. The number of halogens is 3. The molecule has 0 fully saturated rings. The standard InChI is InChI=1S/C21H17BrCl2N2O3S/c1-14-18(23)8-5-9-20(14)26(30(28,29)16-6-3-2-4-7-16)13-21(27)25-15-10-11-17(22)19(24)12-15/h2-12H,13H2,1H3,(H,25,27). The smallest absolute Gasteiger partial charge is 0.264 e. The van der Waals surface area contributed by atoms with Crippen molar-refractivity contribution in [2.24, 2.45) is 0 Å². The van der Waals surface area contributed by atoms with Crippen LogP contribution in [0, 0.1) is 6.92 Å². The molecule has 0 aliphatic heterocycles. The second kappa shape index (κ2) is 9.39. The van der Waals surface area contributed by atoms with Crippen LogP contribution < -0.4 is 9.62 Å². The molecule has 5 nitrogen and oxygen atoms in total. The second-order valence-electron chi connectivity index (χ2n) is 6.39. The molecule has 0 saturated heterocycles. The lowest BCUT2D eigenvalue weighted by Gasteiger charge is -2.26. The molecule has 0 unspecified atom stereocenters. The summed E-state index contributed by atoms with van der Waals surface area (Å²) >= 11 is 15.6. The topological polar surface area (TPSA) is 66.5 Å². The highest BCUT2D eigenvalue weighted by Crippen LogP contribution is 2.31. The van der Waals surface area contributed by atoms with Gasteiger partial charge in [0.25, 0.3) is 10.0 Å². The Hall–Kier alpha value is -2.06. The van der Waals surface area contributed by atoms with Crippen LogP contribution in [0.5, 0.6) is 0 Å². The van der Waals surface area contributed by atoms with Crippen LogP contribution in [0.25, 0.3) is 0 Å². The van der Waals surface area contributed by atoms with Gasteiger partial charge in [-0.2, -0.15) is 0 Å². The van der Waals surface area contributed by atoms with Crippen molar-refractivity contribution in [2.45, 2.75) is 11.8 Å². The van der Waals surface area contributed by atoms with Gasteiger partial charge in [0, 0.05) is 15.2 Å². The van der Waals surface area contributed by atoms with Crippen LogP contribution in [0.4, 0.5) is 11.4 Å². The monoisotopic (exact) mass is 526 g/mol. The third-order valence-electron chi connectivity index (χ3n) is 4.33. The number of carbonyl (C=O) groups is 1. The molecule has 0 aliphatic carbocycles. The first-order valence-corrected chi connectivity index (χ1v) is 11.8. The summed E-state index contributed by atoms with van der Waals surface area (Å²) in [7, 11) is -4.02. The molecule has 9 heteroatoms. The van der Waals surface area contributed by atoms with Crippen molar-refractivity contribution in [3.63, 3.8) is 0 Å². The summed E-state index contributed by atoms with van der Waals surface area (Å²) in [4.78, 5) is 12.8.